The Hall–Kier alpha value is -3.15. The molecule has 1 amide bonds. The molecule has 1 aliphatic carbocycles. The van der Waals surface area contributed by atoms with Crippen LogP contribution in [0, 0.1) is 5.82 Å². The molecule has 2 atom stereocenters. The van der Waals surface area contributed by atoms with Gasteiger partial charge in [0.15, 0.2) is 0 Å². The van der Waals surface area contributed by atoms with Gasteiger partial charge in [-0.05, 0) is 48.6 Å². The third kappa shape index (κ3) is 3.70. The van der Waals surface area contributed by atoms with Gasteiger partial charge in [0.2, 0.25) is 5.91 Å². The van der Waals surface area contributed by atoms with E-state index in [1.54, 1.807) is 12.1 Å². The van der Waals surface area contributed by atoms with Gasteiger partial charge in [-0.25, -0.2) is 4.39 Å². The number of benzene rings is 2. The minimum Gasteiger partial charge on any atom is -0.390 e. The van der Waals surface area contributed by atoms with E-state index < -0.39 is 0 Å². The number of aromatic amines is 1. The Labute approximate surface area is 174 Å². The lowest BCUT2D eigenvalue weighted by Gasteiger charge is -2.22. The number of para-hydroxylation sites is 1. The summed E-state index contributed by atoms with van der Waals surface area (Å²) in [5, 5.41) is 8.45. The molecule has 0 saturated carbocycles. The number of halogens is 1. The van der Waals surface area contributed by atoms with Crippen LogP contribution >= 0.6 is 0 Å². The number of carbonyl (C=O) groups is 1. The maximum atomic E-state index is 13.0. The molecule has 5 rings (SSSR count). The first-order valence-electron chi connectivity index (χ1n) is 10.5. The van der Waals surface area contributed by atoms with E-state index in [1.165, 1.54) is 23.1 Å². The number of H-pyrrole nitrogens is 1. The van der Waals surface area contributed by atoms with Crippen LogP contribution in [-0.2, 0) is 22.5 Å². The van der Waals surface area contributed by atoms with Crippen molar-refractivity contribution in [2.24, 2.45) is 5.16 Å². The number of hydrogen-bond acceptors (Lipinski definition) is 3. The molecule has 3 aromatic rings. The molecule has 0 spiro atoms. The van der Waals surface area contributed by atoms with E-state index in [-0.39, 0.29) is 23.7 Å². The molecule has 30 heavy (non-hydrogen) atoms. The van der Waals surface area contributed by atoms with Crippen LogP contribution in [0.4, 0.5) is 4.39 Å². The summed E-state index contributed by atoms with van der Waals surface area (Å²) in [5.41, 5.74) is 5.34. The number of carbonyl (C=O) groups excluding carboxylic acids is 1. The summed E-state index contributed by atoms with van der Waals surface area (Å²) < 4.78 is 13.0. The molecule has 0 radical (unpaired) electrons. The number of fused-ring (bicyclic) bond motifs is 3. The second-order valence-corrected chi connectivity index (χ2v) is 8.15. The minimum absolute atomic E-state index is 0.0399. The van der Waals surface area contributed by atoms with Gasteiger partial charge < -0.3 is 15.1 Å². The van der Waals surface area contributed by atoms with Crippen molar-refractivity contribution in [2.45, 2.75) is 44.1 Å². The smallest absolute Gasteiger partial charge is 0.229 e. The Kier molecular flexibility index (Phi) is 4.99. The van der Waals surface area contributed by atoms with Crippen LogP contribution in [0.25, 0.3) is 10.9 Å². The average molecular weight is 405 g/mol. The predicted octanol–water partition coefficient (Wildman–Crippen LogP) is 4.23. The number of rotatable bonds is 5. The lowest BCUT2D eigenvalue weighted by atomic mass is 9.86. The summed E-state index contributed by atoms with van der Waals surface area (Å²) >= 11 is 0. The van der Waals surface area contributed by atoms with Crippen molar-refractivity contribution in [3.63, 3.8) is 0 Å². The Balaban J connectivity index is 1.18. The molecule has 0 bridgehead atoms. The minimum atomic E-state index is -0.246. The zero-order valence-electron chi connectivity index (χ0n) is 16.7. The average Bonchev–Trinajstić information content (AvgIpc) is 3.37. The van der Waals surface area contributed by atoms with Crippen molar-refractivity contribution < 1.29 is 14.0 Å². The number of hydrogen-bond donors (Lipinski definition) is 2. The van der Waals surface area contributed by atoms with E-state index in [0.717, 1.165) is 41.7 Å². The summed E-state index contributed by atoms with van der Waals surface area (Å²) in [6.07, 6.45) is 4.01. The lowest BCUT2D eigenvalue weighted by molar-refractivity contribution is -0.123. The van der Waals surface area contributed by atoms with Crippen LogP contribution < -0.4 is 5.32 Å². The fourth-order valence-corrected chi connectivity index (χ4v) is 4.55. The second kappa shape index (κ2) is 7.94. The van der Waals surface area contributed by atoms with Crippen molar-refractivity contribution in [3.8, 4) is 0 Å². The van der Waals surface area contributed by atoms with Gasteiger partial charge in [0.1, 0.15) is 11.9 Å². The topological polar surface area (TPSA) is 66.5 Å². The fraction of sp³-hybridized carbons (Fsp3) is 0.333. The van der Waals surface area contributed by atoms with Crippen LogP contribution in [-0.4, -0.2) is 29.3 Å². The monoisotopic (exact) mass is 405 g/mol. The quantitative estimate of drug-likeness (QED) is 0.667. The van der Waals surface area contributed by atoms with Crippen LogP contribution in [0.5, 0.6) is 0 Å². The fourth-order valence-electron chi connectivity index (χ4n) is 4.55. The van der Waals surface area contributed by atoms with Gasteiger partial charge >= 0.3 is 0 Å². The van der Waals surface area contributed by atoms with Crippen molar-refractivity contribution in [1.29, 1.82) is 0 Å². The number of oxime groups is 1. The third-order valence-electron chi connectivity index (χ3n) is 6.05. The van der Waals surface area contributed by atoms with Crippen LogP contribution in [0.2, 0.25) is 0 Å². The number of amides is 1. The van der Waals surface area contributed by atoms with E-state index in [4.69, 9.17) is 4.84 Å². The molecular weight excluding hydrogens is 381 g/mol. The molecule has 6 heteroatoms. The molecule has 2 aromatic carbocycles. The van der Waals surface area contributed by atoms with E-state index >= 15 is 0 Å². The largest absolute Gasteiger partial charge is 0.390 e. The SMILES string of the molecule is O=C(NC[C@H]1CC(Cc2ccc(F)cc2)=NO1)[C@H]1CCCc2c1[nH]c1ccccc21. The number of nitrogens with zero attached hydrogens (tertiary/aromatic N) is 1. The predicted molar refractivity (Wildman–Crippen MR) is 114 cm³/mol. The summed E-state index contributed by atoms with van der Waals surface area (Å²) in [5.74, 6) is -0.356. The molecule has 5 nitrogen and oxygen atoms in total. The maximum absolute atomic E-state index is 13.0. The van der Waals surface area contributed by atoms with Gasteiger partial charge in [-0.3, -0.25) is 4.79 Å². The van der Waals surface area contributed by atoms with Gasteiger partial charge in [-0.15, -0.1) is 0 Å². The van der Waals surface area contributed by atoms with E-state index in [9.17, 15) is 9.18 Å². The number of nitrogens with one attached hydrogen (secondary N) is 2. The summed E-state index contributed by atoms with van der Waals surface area (Å²) in [6.45, 7) is 0.432. The Morgan fingerprint density at radius 2 is 2.03 bits per heavy atom. The number of aryl methyl sites for hydroxylation is 1. The maximum Gasteiger partial charge on any atom is 0.229 e. The summed E-state index contributed by atoms with van der Waals surface area (Å²) in [6, 6.07) is 14.7. The van der Waals surface area contributed by atoms with Gasteiger partial charge in [0.05, 0.1) is 18.2 Å². The highest BCUT2D eigenvalue weighted by Gasteiger charge is 2.30. The van der Waals surface area contributed by atoms with Crippen molar-refractivity contribution in [1.82, 2.24) is 10.3 Å². The first-order valence-corrected chi connectivity index (χ1v) is 10.5. The standard InChI is InChI=1S/C24H24FN3O2/c25-16-10-8-15(9-11-16)12-17-13-18(30-28-17)14-26-24(29)21-6-3-5-20-19-4-1-2-7-22(19)27-23(20)21/h1-2,4,7-11,18,21,27H,3,5-6,12-14H2,(H,26,29)/t18-,21+/m1/s1. The van der Waals surface area contributed by atoms with E-state index in [2.05, 4.69) is 27.6 Å². The normalized spacial score (nSPS) is 20.5. The van der Waals surface area contributed by atoms with Crippen LogP contribution in [0.15, 0.2) is 53.7 Å². The molecule has 2 heterocycles. The first-order chi connectivity index (χ1) is 14.7. The second-order valence-electron chi connectivity index (χ2n) is 8.15. The van der Waals surface area contributed by atoms with Crippen molar-refractivity contribution in [2.75, 3.05) is 6.54 Å². The van der Waals surface area contributed by atoms with Crippen molar-refractivity contribution in [3.05, 3.63) is 71.2 Å². The number of aromatic nitrogens is 1. The molecule has 0 unspecified atom stereocenters. The van der Waals surface area contributed by atoms with Gasteiger partial charge in [0, 0.05) is 29.4 Å². The summed E-state index contributed by atoms with van der Waals surface area (Å²) in [4.78, 5) is 21.9. The summed E-state index contributed by atoms with van der Waals surface area (Å²) in [7, 11) is 0. The zero-order valence-corrected chi connectivity index (χ0v) is 16.7. The molecule has 1 aliphatic heterocycles. The van der Waals surface area contributed by atoms with Gasteiger partial charge in [-0.2, -0.15) is 0 Å². The molecule has 154 valence electrons. The molecule has 2 aliphatic rings. The highest BCUT2D eigenvalue weighted by Crippen LogP contribution is 2.36. The zero-order chi connectivity index (χ0) is 20.5. The highest BCUT2D eigenvalue weighted by atomic mass is 19.1. The van der Waals surface area contributed by atoms with Crippen molar-refractivity contribution >= 4 is 22.5 Å². The van der Waals surface area contributed by atoms with E-state index in [1.807, 2.05) is 12.1 Å². The van der Waals surface area contributed by atoms with Crippen LogP contribution in [0.1, 0.15) is 42.0 Å². The molecule has 0 saturated heterocycles. The Morgan fingerprint density at radius 3 is 2.90 bits per heavy atom. The van der Waals surface area contributed by atoms with Gasteiger partial charge in [-0.1, -0.05) is 35.5 Å². The Bertz CT molecular complexity index is 1100. The van der Waals surface area contributed by atoms with Gasteiger partial charge in [0.25, 0.3) is 0 Å². The molecule has 1 aromatic heterocycles. The van der Waals surface area contributed by atoms with E-state index in [0.29, 0.717) is 19.4 Å². The molecule has 2 N–H and O–H groups in total. The first kappa shape index (κ1) is 18.9. The molecule has 0 fully saturated rings. The third-order valence-corrected chi connectivity index (χ3v) is 6.05. The lowest BCUT2D eigenvalue weighted by Crippen LogP contribution is -2.36. The highest BCUT2D eigenvalue weighted by molar-refractivity contribution is 5.91. The molecular formula is C24H24FN3O2. The Morgan fingerprint density at radius 1 is 1.20 bits per heavy atom. The van der Waals surface area contributed by atoms with Crippen LogP contribution in [0.3, 0.4) is 0 Å².